The minimum Gasteiger partial charge on any atom is -0.493 e. The fourth-order valence-corrected chi connectivity index (χ4v) is 2.48. The Morgan fingerprint density at radius 3 is 2.65 bits per heavy atom. The molecule has 0 aliphatic carbocycles. The number of benzene rings is 1. The molecular weight excluding hydrogens is 338 g/mol. The van der Waals surface area contributed by atoms with Crippen molar-refractivity contribution in [1.82, 2.24) is 9.88 Å². The van der Waals surface area contributed by atoms with Gasteiger partial charge in [0.1, 0.15) is 17.3 Å². The monoisotopic (exact) mass is 357 g/mol. The molecule has 1 amide bonds. The maximum atomic E-state index is 12.2. The van der Waals surface area contributed by atoms with Crippen LogP contribution in [-0.4, -0.2) is 43.1 Å². The van der Waals surface area contributed by atoms with Gasteiger partial charge in [-0.2, -0.15) is 0 Å². The number of amides is 1. The molecule has 6 nitrogen and oxygen atoms in total. The third-order valence-electron chi connectivity index (χ3n) is 3.05. The zero-order chi connectivity index (χ0) is 15.9. The van der Waals surface area contributed by atoms with Crippen molar-refractivity contribution in [3.63, 3.8) is 0 Å². The molecule has 1 aromatic carbocycles. The number of aromatic nitrogens is 1. The van der Waals surface area contributed by atoms with Gasteiger partial charge >= 0.3 is 0 Å². The second-order valence-electron chi connectivity index (χ2n) is 4.56. The van der Waals surface area contributed by atoms with Gasteiger partial charge in [-0.1, -0.05) is 12.1 Å². The number of rotatable bonds is 7. The number of carbonyl (C=O) groups excluding carboxylic acids is 1. The highest BCUT2D eigenvalue weighted by molar-refractivity contribution is 7.09. The fraction of sp³-hybridized carbons (Fsp3) is 0.333. The first kappa shape index (κ1) is 19.2. The van der Waals surface area contributed by atoms with E-state index >= 15 is 0 Å². The van der Waals surface area contributed by atoms with Gasteiger partial charge in [-0.25, -0.2) is 4.98 Å². The average molecular weight is 358 g/mol. The SMILES string of the molecule is COc1ccccc1OCCN(C)C(=O)c1csc(CN)n1.Cl. The molecule has 0 radical (unpaired) electrons. The van der Waals surface area contributed by atoms with Crippen LogP contribution in [0.2, 0.25) is 0 Å². The Kier molecular flexibility index (Phi) is 7.80. The van der Waals surface area contributed by atoms with Crippen LogP contribution >= 0.6 is 23.7 Å². The summed E-state index contributed by atoms with van der Waals surface area (Å²) in [5, 5.41) is 2.48. The average Bonchev–Trinajstić information content (AvgIpc) is 3.03. The third kappa shape index (κ3) is 5.09. The second kappa shape index (κ2) is 9.34. The van der Waals surface area contributed by atoms with E-state index in [1.807, 2.05) is 24.3 Å². The summed E-state index contributed by atoms with van der Waals surface area (Å²) in [5.74, 6) is 1.19. The van der Waals surface area contributed by atoms with Gasteiger partial charge < -0.3 is 20.1 Å². The van der Waals surface area contributed by atoms with E-state index in [1.54, 1.807) is 24.4 Å². The number of nitrogens with two attached hydrogens (primary N) is 1. The molecule has 0 aliphatic heterocycles. The van der Waals surface area contributed by atoms with E-state index in [-0.39, 0.29) is 18.3 Å². The smallest absolute Gasteiger partial charge is 0.273 e. The minimum absolute atomic E-state index is 0. The topological polar surface area (TPSA) is 77.7 Å². The number of likely N-dealkylation sites (N-methyl/N-ethyl adjacent to an activating group) is 1. The van der Waals surface area contributed by atoms with E-state index in [9.17, 15) is 4.79 Å². The molecule has 2 aromatic rings. The van der Waals surface area contributed by atoms with E-state index in [0.29, 0.717) is 36.9 Å². The lowest BCUT2D eigenvalue weighted by molar-refractivity contribution is 0.0768. The number of hydrogen-bond donors (Lipinski definition) is 1. The van der Waals surface area contributed by atoms with Crippen LogP contribution in [-0.2, 0) is 6.54 Å². The molecule has 1 heterocycles. The molecule has 0 spiro atoms. The molecule has 1 aromatic heterocycles. The Morgan fingerprint density at radius 1 is 1.35 bits per heavy atom. The molecule has 0 unspecified atom stereocenters. The van der Waals surface area contributed by atoms with E-state index in [2.05, 4.69) is 4.98 Å². The third-order valence-corrected chi connectivity index (χ3v) is 3.92. The Hall–Kier alpha value is -1.83. The molecule has 126 valence electrons. The number of carbonyl (C=O) groups is 1. The van der Waals surface area contributed by atoms with E-state index in [1.165, 1.54) is 11.3 Å². The Morgan fingerprint density at radius 2 is 2.04 bits per heavy atom. The number of thiazole rings is 1. The van der Waals surface area contributed by atoms with Crippen LogP contribution in [0, 0.1) is 0 Å². The number of hydrogen-bond acceptors (Lipinski definition) is 6. The molecule has 0 fully saturated rings. The summed E-state index contributed by atoms with van der Waals surface area (Å²) >= 11 is 1.39. The summed E-state index contributed by atoms with van der Waals surface area (Å²) < 4.78 is 10.9. The summed E-state index contributed by atoms with van der Waals surface area (Å²) in [6.45, 7) is 1.17. The van der Waals surface area contributed by atoms with Crippen molar-refractivity contribution in [2.75, 3.05) is 27.3 Å². The van der Waals surface area contributed by atoms with Crippen molar-refractivity contribution < 1.29 is 14.3 Å². The number of methoxy groups -OCH3 is 1. The van der Waals surface area contributed by atoms with Crippen LogP contribution in [0.25, 0.3) is 0 Å². The van der Waals surface area contributed by atoms with Crippen LogP contribution in [0.3, 0.4) is 0 Å². The molecule has 0 saturated heterocycles. The van der Waals surface area contributed by atoms with Crippen LogP contribution in [0.1, 0.15) is 15.5 Å². The van der Waals surface area contributed by atoms with Crippen LogP contribution in [0.4, 0.5) is 0 Å². The Balaban J connectivity index is 0.00000264. The summed E-state index contributed by atoms with van der Waals surface area (Å²) in [4.78, 5) is 17.9. The Bertz CT molecular complexity index is 636. The highest BCUT2D eigenvalue weighted by atomic mass is 35.5. The number of nitrogens with zero attached hydrogens (tertiary/aromatic N) is 2. The van der Waals surface area contributed by atoms with Gasteiger partial charge in [-0.15, -0.1) is 23.7 Å². The first-order valence-corrected chi connectivity index (χ1v) is 7.69. The van der Waals surface area contributed by atoms with Gasteiger partial charge in [0.25, 0.3) is 5.91 Å². The molecule has 0 bridgehead atoms. The summed E-state index contributed by atoms with van der Waals surface area (Å²) in [7, 11) is 3.31. The maximum Gasteiger partial charge on any atom is 0.273 e. The van der Waals surface area contributed by atoms with Gasteiger partial charge in [0.15, 0.2) is 11.5 Å². The molecular formula is C15H20ClN3O3S. The van der Waals surface area contributed by atoms with Crippen LogP contribution in [0.15, 0.2) is 29.6 Å². The standard InChI is InChI=1S/C15H19N3O3S.ClH/c1-18(15(19)11-10-22-14(9-16)17-11)7-8-21-13-6-4-3-5-12(13)20-2;/h3-6,10H,7-9,16H2,1-2H3;1H. The zero-order valence-corrected chi connectivity index (χ0v) is 14.7. The molecule has 0 saturated carbocycles. The van der Waals surface area contributed by atoms with Crippen molar-refractivity contribution in [3.05, 3.63) is 40.3 Å². The van der Waals surface area contributed by atoms with Gasteiger partial charge in [0.2, 0.25) is 0 Å². The fourth-order valence-electron chi connectivity index (χ4n) is 1.83. The Labute approximate surface area is 145 Å². The summed E-state index contributed by atoms with van der Waals surface area (Å²) in [6, 6.07) is 7.40. The number of para-hydroxylation sites is 2. The van der Waals surface area contributed by atoms with Gasteiger partial charge in [-0.05, 0) is 12.1 Å². The normalized spacial score (nSPS) is 9.87. The molecule has 8 heteroatoms. The second-order valence-corrected chi connectivity index (χ2v) is 5.50. The summed E-state index contributed by atoms with van der Waals surface area (Å²) in [5.41, 5.74) is 5.92. The quantitative estimate of drug-likeness (QED) is 0.821. The lowest BCUT2D eigenvalue weighted by Crippen LogP contribution is -2.31. The predicted octanol–water partition coefficient (Wildman–Crippen LogP) is 2.18. The first-order valence-electron chi connectivity index (χ1n) is 6.81. The molecule has 0 atom stereocenters. The van der Waals surface area contributed by atoms with Gasteiger partial charge in [0.05, 0.1) is 13.7 Å². The van der Waals surface area contributed by atoms with Crippen LogP contribution in [0.5, 0.6) is 11.5 Å². The van der Waals surface area contributed by atoms with E-state index < -0.39 is 0 Å². The summed E-state index contributed by atoms with van der Waals surface area (Å²) in [6.07, 6.45) is 0. The molecule has 2 N–H and O–H groups in total. The van der Waals surface area contributed by atoms with Crippen molar-refractivity contribution in [3.8, 4) is 11.5 Å². The number of halogens is 1. The minimum atomic E-state index is -0.139. The van der Waals surface area contributed by atoms with Crippen molar-refractivity contribution in [1.29, 1.82) is 0 Å². The van der Waals surface area contributed by atoms with E-state index in [0.717, 1.165) is 5.01 Å². The van der Waals surface area contributed by atoms with Gasteiger partial charge in [0, 0.05) is 19.0 Å². The number of ether oxygens (including phenoxy) is 2. The molecule has 2 rings (SSSR count). The maximum absolute atomic E-state index is 12.2. The highest BCUT2D eigenvalue weighted by Crippen LogP contribution is 2.25. The molecule has 23 heavy (non-hydrogen) atoms. The van der Waals surface area contributed by atoms with Gasteiger partial charge in [-0.3, -0.25) is 4.79 Å². The van der Waals surface area contributed by atoms with Crippen molar-refractivity contribution >= 4 is 29.7 Å². The van der Waals surface area contributed by atoms with Crippen molar-refractivity contribution in [2.45, 2.75) is 6.54 Å². The van der Waals surface area contributed by atoms with E-state index in [4.69, 9.17) is 15.2 Å². The first-order chi connectivity index (χ1) is 10.7. The highest BCUT2D eigenvalue weighted by Gasteiger charge is 2.15. The molecule has 0 aliphatic rings. The predicted molar refractivity (Wildman–Crippen MR) is 92.7 cm³/mol. The lowest BCUT2D eigenvalue weighted by Gasteiger charge is -2.17. The lowest BCUT2D eigenvalue weighted by atomic mass is 10.3. The largest absolute Gasteiger partial charge is 0.493 e. The van der Waals surface area contributed by atoms with Crippen molar-refractivity contribution in [2.24, 2.45) is 5.73 Å². The van der Waals surface area contributed by atoms with Crippen LogP contribution < -0.4 is 15.2 Å². The zero-order valence-electron chi connectivity index (χ0n) is 13.0.